The zero-order chi connectivity index (χ0) is 17.8. The molecule has 1 aliphatic rings. The molecule has 1 aliphatic heterocycles. The van der Waals surface area contributed by atoms with Gasteiger partial charge in [-0.1, -0.05) is 18.2 Å². The third kappa shape index (κ3) is 3.70. The molecular weight excluding hydrogens is 326 g/mol. The van der Waals surface area contributed by atoms with Gasteiger partial charge in [0.2, 0.25) is 0 Å². The van der Waals surface area contributed by atoms with Crippen LogP contribution >= 0.6 is 0 Å². The fourth-order valence-electron chi connectivity index (χ4n) is 2.68. The molecule has 132 valence electrons. The maximum Gasteiger partial charge on any atom is 0.278 e. The number of ether oxygens (including phenoxy) is 1. The van der Waals surface area contributed by atoms with Crippen LogP contribution in [0.25, 0.3) is 5.69 Å². The van der Waals surface area contributed by atoms with Gasteiger partial charge >= 0.3 is 0 Å². The summed E-state index contributed by atoms with van der Waals surface area (Å²) in [5.74, 6) is -1.17. The lowest BCUT2D eigenvalue weighted by atomic mass is 10.1. The molecule has 8 nitrogen and oxygen atoms in total. The predicted octanol–water partition coefficient (Wildman–Crippen LogP) is 0.0190. The summed E-state index contributed by atoms with van der Waals surface area (Å²) in [5, 5.41) is 23.5. The van der Waals surface area contributed by atoms with E-state index in [2.05, 4.69) is 5.10 Å². The van der Waals surface area contributed by atoms with Crippen LogP contribution in [0.2, 0.25) is 0 Å². The van der Waals surface area contributed by atoms with Gasteiger partial charge in [-0.15, -0.1) is 0 Å². The first kappa shape index (κ1) is 17.1. The van der Waals surface area contributed by atoms with E-state index in [9.17, 15) is 19.8 Å². The van der Waals surface area contributed by atoms with Crippen molar-refractivity contribution in [3.05, 3.63) is 52.4 Å². The zero-order valence-corrected chi connectivity index (χ0v) is 13.5. The molecule has 1 aromatic carbocycles. The highest BCUT2D eigenvalue weighted by Gasteiger charge is 2.26. The van der Waals surface area contributed by atoms with Gasteiger partial charge in [0, 0.05) is 31.7 Å². The second-order valence-electron chi connectivity index (χ2n) is 5.84. The van der Waals surface area contributed by atoms with Crippen LogP contribution < -0.4 is 5.56 Å². The van der Waals surface area contributed by atoms with Gasteiger partial charge in [0.1, 0.15) is 0 Å². The Morgan fingerprint density at radius 1 is 1.32 bits per heavy atom. The van der Waals surface area contributed by atoms with Crippen molar-refractivity contribution >= 4 is 5.91 Å². The molecule has 1 aromatic heterocycles. The van der Waals surface area contributed by atoms with Crippen molar-refractivity contribution in [2.45, 2.75) is 0 Å². The predicted molar refractivity (Wildman–Crippen MR) is 88.8 cm³/mol. The minimum absolute atomic E-state index is 0.104. The molecule has 2 heterocycles. The fraction of sp³-hybridized carbons (Fsp3) is 0.353. The van der Waals surface area contributed by atoms with Gasteiger partial charge in [0.05, 0.1) is 18.9 Å². The Balaban J connectivity index is 1.96. The molecule has 2 N–H and O–H groups in total. The molecule has 2 aromatic rings. The Morgan fingerprint density at radius 3 is 2.80 bits per heavy atom. The van der Waals surface area contributed by atoms with E-state index in [4.69, 9.17) is 4.74 Å². The van der Waals surface area contributed by atoms with Gasteiger partial charge in [0.15, 0.2) is 11.4 Å². The van der Waals surface area contributed by atoms with Gasteiger partial charge in [-0.25, -0.2) is 0 Å². The molecule has 8 heteroatoms. The lowest BCUT2D eigenvalue weighted by Gasteiger charge is -2.22. The number of aromatic hydroxyl groups is 1. The molecule has 1 atom stereocenters. The number of benzene rings is 1. The van der Waals surface area contributed by atoms with Crippen LogP contribution in [0.15, 0.2) is 41.2 Å². The SMILES string of the molecule is O=C(c1nn(-c2ccccc2)c(=O)cc1O)N1CCOC[C@H](CO)C1. The second-order valence-corrected chi connectivity index (χ2v) is 5.84. The van der Waals surface area contributed by atoms with Gasteiger partial charge < -0.3 is 19.8 Å². The summed E-state index contributed by atoms with van der Waals surface area (Å²) in [6.07, 6.45) is 0. The summed E-state index contributed by atoms with van der Waals surface area (Å²) in [6.45, 7) is 1.21. The van der Waals surface area contributed by atoms with Gasteiger partial charge in [-0.2, -0.15) is 9.78 Å². The van der Waals surface area contributed by atoms with E-state index in [-0.39, 0.29) is 18.2 Å². The van der Waals surface area contributed by atoms with Crippen LogP contribution in [0.5, 0.6) is 5.75 Å². The van der Waals surface area contributed by atoms with E-state index >= 15 is 0 Å². The van der Waals surface area contributed by atoms with Crippen molar-refractivity contribution in [2.24, 2.45) is 5.92 Å². The maximum absolute atomic E-state index is 12.8. The van der Waals surface area contributed by atoms with Crippen LogP contribution in [-0.4, -0.2) is 63.7 Å². The molecule has 0 aliphatic carbocycles. The standard InChI is InChI=1S/C17H19N3O5/c21-10-12-9-19(6-7-25-11-12)17(24)16-14(22)8-15(23)20(18-16)13-4-2-1-3-5-13/h1-5,8,12,21-22H,6-7,9-11H2/t12-/m0/s1. The molecule has 0 radical (unpaired) electrons. The van der Waals surface area contributed by atoms with Gasteiger partial charge in [-0.05, 0) is 12.1 Å². The van der Waals surface area contributed by atoms with Crippen molar-refractivity contribution in [3.8, 4) is 11.4 Å². The molecule has 1 fully saturated rings. The van der Waals surface area contributed by atoms with E-state index in [1.165, 1.54) is 4.90 Å². The first-order chi connectivity index (χ1) is 12.1. The molecule has 1 amide bonds. The Kier molecular flexibility index (Phi) is 5.11. The first-order valence-electron chi connectivity index (χ1n) is 7.97. The van der Waals surface area contributed by atoms with Crippen molar-refractivity contribution in [1.29, 1.82) is 0 Å². The van der Waals surface area contributed by atoms with Crippen LogP contribution in [0, 0.1) is 5.92 Å². The monoisotopic (exact) mass is 345 g/mol. The maximum atomic E-state index is 12.8. The van der Waals surface area contributed by atoms with Crippen LogP contribution in [-0.2, 0) is 4.74 Å². The van der Waals surface area contributed by atoms with E-state index in [1.54, 1.807) is 30.3 Å². The first-order valence-corrected chi connectivity index (χ1v) is 7.97. The minimum atomic E-state index is -0.535. The topological polar surface area (TPSA) is 105 Å². The van der Waals surface area contributed by atoms with Gasteiger partial charge in [-0.3, -0.25) is 9.59 Å². The summed E-state index contributed by atoms with van der Waals surface area (Å²) in [5.41, 5.74) is -0.247. The highest BCUT2D eigenvalue weighted by molar-refractivity contribution is 5.94. The average molecular weight is 345 g/mol. The quantitative estimate of drug-likeness (QED) is 0.812. The number of hydrogen-bond acceptors (Lipinski definition) is 6. The molecular formula is C17H19N3O5. The van der Waals surface area contributed by atoms with Crippen LogP contribution in [0.3, 0.4) is 0 Å². The van der Waals surface area contributed by atoms with Crippen molar-refractivity contribution in [3.63, 3.8) is 0 Å². The number of amides is 1. The Hall–Kier alpha value is -2.71. The van der Waals surface area contributed by atoms with E-state index in [0.29, 0.717) is 32.0 Å². The van der Waals surface area contributed by atoms with Crippen LogP contribution in [0.4, 0.5) is 0 Å². The third-order valence-electron chi connectivity index (χ3n) is 4.00. The number of hydrogen-bond donors (Lipinski definition) is 2. The van der Waals surface area contributed by atoms with E-state index in [0.717, 1.165) is 10.7 Å². The third-order valence-corrected chi connectivity index (χ3v) is 4.00. The van der Waals surface area contributed by atoms with Crippen molar-refractivity contribution < 1.29 is 19.7 Å². The smallest absolute Gasteiger partial charge is 0.278 e. The summed E-state index contributed by atoms with van der Waals surface area (Å²) >= 11 is 0. The zero-order valence-electron chi connectivity index (χ0n) is 13.5. The molecule has 1 saturated heterocycles. The number of rotatable bonds is 3. The Morgan fingerprint density at radius 2 is 2.08 bits per heavy atom. The summed E-state index contributed by atoms with van der Waals surface area (Å²) in [7, 11) is 0. The number of carbonyl (C=O) groups is 1. The number of aliphatic hydroxyl groups excluding tert-OH is 1. The molecule has 25 heavy (non-hydrogen) atoms. The van der Waals surface area contributed by atoms with Crippen molar-refractivity contribution in [1.82, 2.24) is 14.7 Å². The fourth-order valence-corrected chi connectivity index (χ4v) is 2.68. The summed E-state index contributed by atoms with van der Waals surface area (Å²) < 4.78 is 6.44. The summed E-state index contributed by atoms with van der Waals surface area (Å²) in [4.78, 5) is 26.4. The Bertz CT molecular complexity index is 806. The van der Waals surface area contributed by atoms with Crippen LogP contribution in [0.1, 0.15) is 10.5 Å². The Labute approximate surface area is 143 Å². The molecule has 0 unspecified atom stereocenters. The van der Waals surface area contributed by atoms with E-state index in [1.807, 2.05) is 0 Å². The minimum Gasteiger partial charge on any atom is -0.505 e. The lowest BCUT2D eigenvalue weighted by molar-refractivity contribution is 0.0716. The number of aromatic nitrogens is 2. The number of aliphatic hydroxyl groups is 1. The largest absolute Gasteiger partial charge is 0.505 e. The highest BCUT2D eigenvalue weighted by atomic mass is 16.5. The molecule has 3 rings (SSSR count). The number of para-hydroxylation sites is 1. The normalized spacial score (nSPS) is 18.0. The second kappa shape index (κ2) is 7.45. The highest BCUT2D eigenvalue weighted by Crippen LogP contribution is 2.17. The van der Waals surface area contributed by atoms with Crippen molar-refractivity contribution in [2.75, 3.05) is 32.9 Å². The van der Waals surface area contributed by atoms with E-state index < -0.39 is 17.2 Å². The lowest BCUT2D eigenvalue weighted by Crippen LogP contribution is -2.38. The number of carbonyl (C=O) groups excluding carboxylic acids is 1. The molecule has 0 bridgehead atoms. The number of nitrogens with zero attached hydrogens (tertiary/aromatic N) is 3. The molecule has 0 saturated carbocycles. The van der Waals surface area contributed by atoms with Gasteiger partial charge in [0.25, 0.3) is 11.5 Å². The summed E-state index contributed by atoms with van der Waals surface area (Å²) in [6, 6.07) is 9.63. The molecule has 0 spiro atoms. The average Bonchev–Trinajstić information content (AvgIpc) is 2.88.